The number of rotatable bonds is 6. The highest BCUT2D eigenvalue weighted by Gasteiger charge is 2.48. The molecule has 1 atom stereocenters. The van der Waals surface area contributed by atoms with Gasteiger partial charge in [0.05, 0.1) is 13.2 Å². The van der Waals surface area contributed by atoms with Gasteiger partial charge in [0.1, 0.15) is 5.54 Å². The Morgan fingerprint density at radius 3 is 2.65 bits per heavy atom. The number of hydrogen-bond acceptors (Lipinski definition) is 4. The van der Waals surface area contributed by atoms with Crippen LogP contribution in [0.25, 0.3) is 0 Å². The molecular formula is C14H24N2O4. The van der Waals surface area contributed by atoms with Crippen LogP contribution in [0.3, 0.4) is 0 Å². The highest BCUT2D eigenvalue weighted by molar-refractivity contribution is 5.83. The summed E-state index contributed by atoms with van der Waals surface area (Å²) < 4.78 is 5.08. The van der Waals surface area contributed by atoms with Crippen LogP contribution in [0.15, 0.2) is 0 Å². The van der Waals surface area contributed by atoms with E-state index < -0.39 is 11.5 Å². The maximum atomic E-state index is 12.1. The molecule has 1 heterocycles. The Bertz CT molecular complexity index is 368. The van der Waals surface area contributed by atoms with E-state index in [1.807, 2.05) is 0 Å². The third-order valence-electron chi connectivity index (χ3n) is 4.46. The molecule has 0 radical (unpaired) electrons. The lowest BCUT2D eigenvalue weighted by atomic mass is 9.97. The number of methoxy groups -OCH3 is 1. The van der Waals surface area contributed by atoms with Crippen molar-refractivity contribution in [3.63, 3.8) is 0 Å². The molecule has 0 spiro atoms. The summed E-state index contributed by atoms with van der Waals surface area (Å²) in [5, 5.41) is 12.5. The maximum Gasteiger partial charge on any atom is 0.326 e. The van der Waals surface area contributed by atoms with Gasteiger partial charge in [-0.1, -0.05) is 12.8 Å². The summed E-state index contributed by atoms with van der Waals surface area (Å²) in [5.74, 6) is -0.967. The van der Waals surface area contributed by atoms with E-state index in [2.05, 4.69) is 5.32 Å². The molecule has 0 aromatic rings. The van der Waals surface area contributed by atoms with Crippen LogP contribution >= 0.6 is 0 Å². The van der Waals surface area contributed by atoms with Crippen molar-refractivity contribution in [3.05, 3.63) is 0 Å². The molecule has 0 bridgehead atoms. The van der Waals surface area contributed by atoms with Crippen molar-refractivity contribution in [2.75, 3.05) is 26.8 Å². The van der Waals surface area contributed by atoms with E-state index in [4.69, 9.17) is 4.74 Å². The van der Waals surface area contributed by atoms with Crippen LogP contribution in [0.2, 0.25) is 0 Å². The summed E-state index contributed by atoms with van der Waals surface area (Å²) in [4.78, 5) is 25.4. The fourth-order valence-electron chi connectivity index (χ4n) is 3.39. The Kier molecular flexibility index (Phi) is 4.99. The molecule has 2 fully saturated rings. The summed E-state index contributed by atoms with van der Waals surface area (Å²) in [6.45, 7) is 0.902. The van der Waals surface area contributed by atoms with Gasteiger partial charge in [-0.25, -0.2) is 0 Å². The monoisotopic (exact) mass is 284 g/mol. The molecule has 1 saturated heterocycles. The second-order valence-electron chi connectivity index (χ2n) is 5.84. The molecule has 2 N–H and O–H groups in total. The minimum Gasteiger partial charge on any atom is -0.480 e. The highest BCUT2D eigenvalue weighted by Crippen LogP contribution is 2.30. The molecule has 20 heavy (non-hydrogen) atoms. The van der Waals surface area contributed by atoms with Gasteiger partial charge in [0.15, 0.2) is 0 Å². The number of carbonyl (C=O) groups excluding carboxylic acids is 1. The molecule has 0 aromatic carbocycles. The molecule has 2 rings (SSSR count). The molecule has 0 aromatic heterocycles. The normalized spacial score (nSPS) is 27.9. The van der Waals surface area contributed by atoms with Crippen LogP contribution in [0.5, 0.6) is 0 Å². The zero-order valence-corrected chi connectivity index (χ0v) is 12.1. The topological polar surface area (TPSA) is 78.9 Å². The lowest BCUT2D eigenvalue weighted by molar-refractivity contribution is -0.154. The first-order chi connectivity index (χ1) is 9.58. The summed E-state index contributed by atoms with van der Waals surface area (Å²) >= 11 is 0. The van der Waals surface area contributed by atoms with Crippen molar-refractivity contribution in [1.29, 1.82) is 0 Å². The van der Waals surface area contributed by atoms with E-state index in [1.165, 1.54) is 7.11 Å². The quantitative estimate of drug-likeness (QED) is 0.747. The standard InChI is InChI=1S/C14H24N2O4/c1-20-10-14(13(18)19)7-4-8-16(14)9-12(17)15-11-5-2-3-6-11/h11H,2-10H2,1H3,(H,15,17)(H,18,19). The zero-order valence-electron chi connectivity index (χ0n) is 12.1. The molecule has 1 amide bonds. The van der Waals surface area contributed by atoms with Gasteiger partial charge >= 0.3 is 5.97 Å². The Balaban J connectivity index is 1.95. The Hall–Kier alpha value is -1.14. The van der Waals surface area contributed by atoms with Gasteiger partial charge in [-0.05, 0) is 32.2 Å². The number of carbonyl (C=O) groups is 2. The number of carboxylic acid groups (broad SMARTS) is 1. The lowest BCUT2D eigenvalue weighted by Gasteiger charge is -2.33. The molecule has 114 valence electrons. The summed E-state index contributed by atoms with van der Waals surface area (Å²) in [5.41, 5.74) is -1.04. The van der Waals surface area contributed by atoms with Gasteiger partial charge < -0.3 is 15.2 Å². The van der Waals surface area contributed by atoms with Crippen LogP contribution in [0.4, 0.5) is 0 Å². The first-order valence-electron chi connectivity index (χ1n) is 7.35. The third-order valence-corrected chi connectivity index (χ3v) is 4.46. The van der Waals surface area contributed by atoms with Crippen molar-refractivity contribution >= 4 is 11.9 Å². The van der Waals surface area contributed by atoms with Crippen LogP contribution in [-0.2, 0) is 14.3 Å². The van der Waals surface area contributed by atoms with Gasteiger partial charge in [0.25, 0.3) is 0 Å². The maximum absolute atomic E-state index is 12.1. The van der Waals surface area contributed by atoms with E-state index in [-0.39, 0.29) is 25.1 Å². The predicted molar refractivity (Wildman–Crippen MR) is 73.4 cm³/mol. The first kappa shape index (κ1) is 15.3. The highest BCUT2D eigenvalue weighted by atomic mass is 16.5. The van der Waals surface area contributed by atoms with Gasteiger partial charge in [-0.15, -0.1) is 0 Å². The number of ether oxygens (including phenoxy) is 1. The predicted octanol–water partition coefficient (Wildman–Crippen LogP) is 0.611. The molecule has 1 unspecified atom stereocenters. The first-order valence-corrected chi connectivity index (χ1v) is 7.35. The average molecular weight is 284 g/mol. The molecular weight excluding hydrogens is 260 g/mol. The van der Waals surface area contributed by atoms with E-state index in [9.17, 15) is 14.7 Å². The molecule has 6 heteroatoms. The Morgan fingerprint density at radius 2 is 2.05 bits per heavy atom. The third kappa shape index (κ3) is 3.12. The number of carboxylic acids is 1. The molecule has 1 saturated carbocycles. The number of nitrogens with one attached hydrogen (secondary N) is 1. The second kappa shape index (κ2) is 6.54. The molecule has 1 aliphatic carbocycles. The summed E-state index contributed by atoms with van der Waals surface area (Å²) in [7, 11) is 1.50. The van der Waals surface area contributed by atoms with Crippen LogP contribution in [0.1, 0.15) is 38.5 Å². The fraction of sp³-hybridized carbons (Fsp3) is 0.857. The van der Waals surface area contributed by atoms with Crippen LogP contribution in [-0.4, -0.2) is 60.3 Å². The van der Waals surface area contributed by atoms with Crippen LogP contribution < -0.4 is 5.32 Å². The van der Waals surface area contributed by atoms with Crippen molar-refractivity contribution in [3.8, 4) is 0 Å². The Morgan fingerprint density at radius 1 is 1.35 bits per heavy atom. The van der Waals surface area contributed by atoms with Gasteiger partial charge in [0, 0.05) is 13.2 Å². The largest absolute Gasteiger partial charge is 0.480 e. The van der Waals surface area contributed by atoms with Crippen LogP contribution in [0, 0.1) is 0 Å². The zero-order chi connectivity index (χ0) is 14.6. The average Bonchev–Trinajstić information content (AvgIpc) is 3.01. The minimum atomic E-state index is -1.04. The van der Waals surface area contributed by atoms with E-state index in [0.717, 1.165) is 32.1 Å². The number of nitrogens with zero attached hydrogens (tertiary/aromatic N) is 1. The molecule has 2 aliphatic rings. The molecule has 1 aliphatic heterocycles. The van der Waals surface area contributed by atoms with Gasteiger partial charge in [0.2, 0.25) is 5.91 Å². The van der Waals surface area contributed by atoms with Gasteiger partial charge in [-0.2, -0.15) is 0 Å². The van der Waals surface area contributed by atoms with Crippen molar-refractivity contribution < 1.29 is 19.4 Å². The van der Waals surface area contributed by atoms with E-state index in [0.29, 0.717) is 13.0 Å². The summed E-state index contributed by atoms with van der Waals surface area (Å²) in [6.07, 6.45) is 5.72. The second-order valence-corrected chi connectivity index (χ2v) is 5.84. The smallest absolute Gasteiger partial charge is 0.326 e. The Labute approximate surface area is 119 Å². The van der Waals surface area contributed by atoms with E-state index in [1.54, 1.807) is 4.90 Å². The molecule has 6 nitrogen and oxygen atoms in total. The number of amides is 1. The van der Waals surface area contributed by atoms with E-state index >= 15 is 0 Å². The summed E-state index contributed by atoms with van der Waals surface area (Å²) in [6, 6.07) is 0.270. The fourth-order valence-corrected chi connectivity index (χ4v) is 3.39. The lowest BCUT2D eigenvalue weighted by Crippen LogP contribution is -2.56. The SMILES string of the molecule is COCC1(C(=O)O)CCCN1CC(=O)NC1CCCC1. The van der Waals surface area contributed by atoms with Crippen molar-refractivity contribution in [2.24, 2.45) is 0 Å². The van der Waals surface area contributed by atoms with Crippen molar-refractivity contribution in [1.82, 2.24) is 10.2 Å². The minimum absolute atomic E-state index is 0.0690. The number of hydrogen-bond donors (Lipinski definition) is 2. The van der Waals surface area contributed by atoms with Gasteiger partial charge in [-0.3, -0.25) is 14.5 Å². The number of aliphatic carboxylic acids is 1. The number of likely N-dealkylation sites (tertiary alicyclic amines) is 1. The van der Waals surface area contributed by atoms with Crippen molar-refractivity contribution in [2.45, 2.75) is 50.1 Å².